The van der Waals surface area contributed by atoms with Crippen LogP contribution in [0.1, 0.15) is 67.0 Å². The topological polar surface area (TPSA) is 109 Å². The van der Waals surface area contributed by atoms with Crippen molar-refractivity contribution in [1.29, 1.82) is 0 Å². The monoisotopic (exact) mass is 546 g/mol. The number of nitrogens with zero attached hydrogens (tertiary/aromatic N) is 4. The van der Waals surface area contributed by atoms with E-state index in [1.807, 2.05) is 10.9 Å². The first-order chi connectivity index (χ1) is 19.0. The Kier molecular flexibility index (Phi) is 7.22. The van der Waals surface area contributed by atoms with Crippen molar-refractivity contribution in [2.45, 2.75) is 80.9 Å². The van der Waals surface area contributed by atoms with Crippen LogP contribution in [0.3, 0.4) is 0 Å². The molecule has 1 amide bonds. The van der Waals surface area contributed by atoms with Gasteiger partial charge in [0.2, 0.25) is 5.91 Å². The fourth-order valence-corrected chi connectivity index (χ4v) is 7.50. The summed E-state index contributed by atoms with van der Waals surface area (Å²) in [7, 11) is -3.91. The summed E-state index contributed by atoms with van der Waals surface area (Å²) in [6, 6.07) is 14.6. The van der Waals surface area contributed by atoms with E-state index >= 15 is 0 Å². The summed E-state index contributed by atoms with van der Waals surface area (Å²) < 4.78 is 29.6. The number of amides is 1. The fourth-order valence-electron chi connectivity index (χ4n) is 6.03. The summed E-state index contributed by atoms with van der Waals surface area (Å²) in [6.45, 7) is 0.899. The molecule has 2 atom stereocenters. The third-order valence-corrected chi connectivity index (χ3v) is 9.89. The summed E-state index contributed by atoms with van der Waals surface area (Å²) in [4.78, 5) is 12.9. The van der Waals surface area contributed by atoms with Gasteiger partial charge in [-0.05, 0) is 60.9 Å². The van der Waals surface area contributed by atoms with Gasteiger partial charge in [-0.1, -0.05) is 54.5 Å². The largest absolute Gasteiger partial charge is 0.329 e. The van der Waals surface area contributed by atoms with Crippen molar-refractivity contribution in [3.05, 3.63) is 89.5 Å². The number of hydrogen-bond acceptors (Lipinski definition) is 6. The van der Waals surface area contributed by atoms with Crippen LogP contribution in [-0.4, -0.2) is 45.7 Å². The van der Waals surface area contributed by atoms with Gasteiger partial charge in [0, 0.05) is 37.6 Å². The van der Waals surface area contributed by atoms with Crippen LogP contribution in [0, 0.1) is 0 Å². The van der Waals surface area contributed by atoms with Gasteiger partial charge in [-0.15, -0.1) is 5.10 Å². The highest BCUT2D eigenvalue weighted by atomic mass is 32.2. The highest BCUT2D eigenvalue weighted by molar-refractivity contribution is 7.89. The van der Waals surface area contributed by atoms with Gasteiger partial charge < -0.3 is 10.6 Å². The first kappa shape index (κ1) is 25.8. The SMILES string of the molecule is O=C1NC=CN(S(=O)(=O)c2ccccc2)[C@@H]1Cc1cn([C@@H]2CCCc3cc(CNC4CCCC4)ccc32)nn1. The second kappa shape index (κ2) is 10.9. The molecular formula is C29H34N6O3S. The molecule has 0 radical (unpaired) electrons. The maximum atomic E-state index is 13.3. The number of carbonyl (C=O) groups excluding carboxylic acids is 1. The predicted molar refractivity (Wildman–Crippen MR) is 147 cm³/mol. The van der Waals surface area contributed by atoms with Crippen molar-refractivity contribution in [2.75, 3.05) is 0 Å². The van der Waals surface area contributed by atoms with E-state index in [-0.39, 0.29) is 17.4 Å². The number of fused-ring (bicyclic) bond motifs is 1. The maximum absolute atomic E-state index is 13.3. The number of carbonyl (C=O) groups is 1. The van der Waals surface area contributed by atoms with Gasteiger partial charge in [0.25, 0.3) is 10.0 Å². The third kappa shape index (κ3) is 5.35. The lowest BCUT2D eigenvalue weighted by molar-refractivity contribution is -0.124. The van der Waals surface area contributed by atoms with E-state index in [1.54, 1.807) is 18.2 Å². The van der Waals surface area contributed by atoms with E-state index < -0.39 is 22.0 Å². The molecule has 3 aromatic rings. The van der Waals surface area contributed by atoms with Crippen LogP contribution in [0.2, 0.25) is 0 Å². The average molecular weight is 547 g/mol. The van der Waals surface area contributed by atoms with Crippen LogP contribution in [0.25, 0.3) is 0 Å². The second-order valence-corrected chi connectivity index (χ2v) is 12.5. The van der Waals surface area contributed by atoms with Crippen molar-refractivity contribution in [3.63, 3.8) is 0 Å². The molecule has 1 aliphatic heterocycles. The lowest BCUT2D eigenvalue weighted by Gasteiger charge is -2.31. The second-order valence-electron chi connectivity index (χ2n) is 10.7. The molecule has 0 unspecified atom stereocenters. The van der Waals surface area contributed by atoms with Crippen LogP contribution >= 0.6 is 0 Å². The van der Waals surface area contributed by atoms with Gasteiger partial charge in [-0.3, -0.25) is 9.10 Å². The van der Waals surface area contributed by atoms with Crippen LogP contribution in [-0.2, 0) is 34.2 Å². The minimum atomic E-state index is -3.91. The minimum absolute atomic E-state index is 0.0658. The zero-order chi connectivity index (χ0) is 26.8. The van der Waals surface area contributed by atoms with Gasteiger partial charge in [-0.25, -0.2) is 13.1 Å². The molecule has 1 saturated carbocycles. The smallest absolute Gasteiger partial charge is 0.264 e. The predicted octanol–water partition coefficient (Wildman–Crippen LogP) is 3.44. The van der Waals surface area contributed by atoms with Crippen LogP contribution in [0.15, 0.2) is 72.0 Å². The Hall–Kier alpha value is -3.50. The van der Waals surface area contributed by atoms with Crippen molar-refractivity contribution in [2.24, 2.45) is 0 Å². The molecule has 2 heterocycles. The summed E-state index contributed by atoms with van der Waals surface area (Å²) >= 11 is 0. The van der Waals surface area contributed by atoms with E-state index in [0.29, 0.717) is 11.7 Å². The first-order valence-electron chi connectivity index (χ1n) is 13.8. The molecule has 0 bridgehead atoms. The Labute approximate surface area is 229 Å². The summed E-state index contributed by atoms with van der Waals surface area (Å²) in [5, 5.41) is 15.1. The lowest BCUT2D eigenvalue weighted by Crippen LogP contribution is -2.50. The Morgan fingerprint density at radius 1 is 1.03 bits per heavy atom. The highest BCUT2D eigenvalue weighted by Crippen LogP contribution is 2.33. The molecule has 1 fully saturated rings. The molecule has 0 saturated heterocycles. The maximum Gasteiger partial charge on any atom is 0.264 e. The zero-order valence-corrected chi connectivity index (χ0v) is 22.7. The van der Waals surface area contributed by atoms with Crippen LogP contribution in [0.5, 0.6) is 0 Å². The van der Waals surface area contributed by atoms with Crippen molar-refractivity contribution < 1.29 is 13.2 Å². The summed E-state index contributed by atoms with van der Waals surface area (Å²) in [5.41, 5.74) is 4.50. The normalized spacial score (nSPS) is 21.6. The molecule has 2 aliphatic carbocycles. The van der Waals surface area contributed by atoms with Crippen molar-refractivity contribution >= 4 is 15.9 Å². The number of aryl methyl sites for hydroxylation is 1. The molecule has 39 heavy (non-hydrogen) atoms. The van der Waals surface area contributed by atoms with Crippen molar-refractivity contribution in [3.8, 4) is 0 Å². The molecule has 3 aliphatic rings. The molecule has 9 nitrogen and oxygen atoms in total. The van der Waals surface area contributed by atoms with Crippen LogP contribution in [0.4, 0.5) is 0 Å². The molecule has 1 aromatic heterocycles. The molecule has 10 heteroatoms. The van der Waals surface area contributed by atoms with Gasteiger partial charge in [0.1, 0.15) is 6.04 Å². The molecular weight excluding hydrogens is 512 g/mol. The number of nitrogens with one attached hydrogen (secondary N) is 2. The van der Waals surface area contributed by atoms with Gasteiger partial charge in [0.05, 0.1) is 16.6 Å². The van der Waals surface area contributed by atoms with E-state index in [0.717, 1.165) is 30.1 Å². The molecule has 2 N–H and O–H groups in total. The Morgan fingerprint density at radius 3 is 2.67 bits per heavy atom. The first-order valence-corrected chi connectivity index (χ1v) is 15.2. The molecule has 2 aromatic carbocycles. The average Bonchev–Trinajstić information content (AvgIpc) is 3.65. The molecule has 6 rings (SSSR count). The van der Waals surface area contributed by atoms with E-state index in [9.17, 15) is 13.2 Å². The Morgan fingerprint density at radius 2 is 1.85 bits per heavy atom. The van der Waals surface area contributed by atoms with E-state index in [2.05, 4.69) is 39.1 Å². The minimum Gasteiger partial charge on any atom is -0.329 e. The summed E-state index contributed by atoms with van der Waals surface area (Å²) in [5.74, 6) is -0.395. The number of hydrogen-bond donors (Lipinski definition) is 2. The summed E-state index contributed by atoms with van der Waals surface area (Å²) in [6.07, 6.45) is 13.0. The molecule has 204 valence electrons. The number of rotatable bonds is 8. The van der Waals surface area contributed by atoms with Gasteiger partial charge in [0.15, 0.2) is 0 Å². The van der Waals surface area contributed by atoms with Gasteiger partial charge in [-0.2, -0.15) is 0 Å². The fraction of sp³-hybridized carbons (Fsp3) is 0.414. The lowest BCUT2D eigenvalue weighted by atomic mass is 9.86. The quantitative estimate of drug-likeness (QED) is 0.448. The van der Waals surface area contributed by atoms with Gasteiger partial charge >= 0.3 is 0 Å². The van der Waals surface area contributed by atoms with Crippen LogP contribution < -0.4 is 10.6 Å². The highest BCUT2D eigenvalue weighted by Gasteiger charge is 2.36. The number of sulfonamides is 1. The number of benzene rings is 2. The van der Waals surface area contributed by atoms with E-state index in [1.165, 1.54) is 66.9 Å². The zero-order valence-electron chi connectivity index (χ0n) is 21.9. The Balaban J connectivity index is 1.19. The number of aromatic nitrogens is 3. The van der Waals surface area contributed by atoms with E-state index in [4.69, 9.17) is 0 Å². The standard InChI is InChI=1S/C29H34N6O3S/c36-29-28(35(16-15-30-29)39(37,38)25-10-2-1-3-11-25)18-24-20-34(33-32-24)27-12-6-7-22-17-21(13-14-26(22)27)19-31-23-8-4-5-9-23/h1-3,10-11,13-17,20,23,27-28,31H,4-9,12,18-19H2,(H,30,36)/t27-,28-/m1/s1. The Bertz CT molecular complexity index is 1460. The van der Waals surface area contributed by atoms with Crippen molar-refractivity contribution in [1.82, 2.24) is 29.9 Å². The molecule has 0 spiro atoms. The third-order valence-electron chi connectivity index (χ3n) is 8.10.